The Bertz CT molecular complexity index is 320. The van der Waals surface area contributed by atoms with E-state index < -0.39 is 5.97 Å². The van der Waals surface area contributed by atoms with Crippen molar-refractivity contribution >= 4 is 5.97 Å². The van der Waals surface area contributed by atoms with Gasteiger partial charge in [-0.05, 0) is 19.3 Å². The van der Waals surface area contributed by atoms with E-state index in [2.05, 4.69) is 0 Å². The zero-order chi connectivity index (χ0) is 13.9. The molecule has 0 amide bonds. The summed E-state index contributed by atoms with van der Waals surface area (Å²) in [5, 5.41) is 18.4. The lowest BCUT2D eigenvalue weighted by Crippen LogP contribution is -2.63. The van der Waals surface area contributed by atoms with Crippen LogP contribution < -0.4 is 5.73 Å². The lowest BCUT2D eigenvalue weighted by molar-refractivity contribution is -0.940. The minimum absolute atomic E-state index is 0.0738. The fourth-order valence-corrected chi connectivity index (χ4v) is 3.95. The number of rotatable bonds is 6. The SMILES string of the molecule is NC1CC(CC(=O)O)C[N+](CCO)(CC2CCC2)C1. The van der Waals surface area contributed by atoms with Crippen LogP contribution in [0.15, 0.2) is 0 Å². The maximum absolute atomic E-state index is 10.9. The average Bonchev–Trinajstić information content (AvgIpc) is 2.22. The molecule has 0 spiro atoms. The summed E-state index contributed by atoms with van der Waals surface area (Å²) < 4.78 is 0.834. The fourth-order valence-electron chi connectivity index (χ4n) is 3.95. The number of carboxylic acids is 1. The Kier molecular flexibility index (Phi) is 4.81. The molecule has 4 N–H and O–H groups in total. The largest absolute Gasteiger partial charge is 0.481 e. The van der Waals surface area contributed by atoms with Crippen LogP contribution in [0.3, 0.4) is 0 Å². The number of piperidine rings is 1. The van der Waals surface area contributed by atoms with Crippen LogP contribution in [0, 0.1) is 11.8 Å². The molecule has 0 radical (unpaired) electrons. The van der Waals surface area contributed by atoms with Crippen LogP contribution >= 0.6 is 0 Å². The van der Waals surface area contributed by atoms with Gasteiger partial charge in [0.25, 0.3) is 0 Å². The van der Waals surface area contributed by atoms with Gasteiger partial charge in [-0.3, -0.25) is 4.79 Å². The van der Waals surface area contributed by atoms with Crippen molar-refractivity contribution in [2.75, 3.05) is 32.8 Å². The van der Waals surface area contributed by atoms with Gasteiger partial charge in [0.15, 0.2) is 0 Å². The van der Waals surface area contributed by atoms with Gasteiger partial charge in [-0.1, -0.05) is 6.42 Å². The lowest BCUT2D eigenvalue weighted by atomic mass is 9.82. The molecular weight excluding hydrogens is 244 g/mol. The molecule has 0 aromatic heterocycles. The number of aliphatic hydroxyl groups is 1. The predicted octanol–water partition coefficient (Wildman–Crippen LogP) is 0.417. The Morgan fingerprint density at radius 3 is 2.53 bits per heavy atom. The molecule has 1 heterocycles. The first kappa shape index (κ1) is 14.8. The summed E-state index contributed by atoms with van der Waals surface area (Å²) >= 11 is 0. The van der Waals surface area contributed by atoms with Crippen molar-refractivity contribution in [2.45, 2.75) is 38.1 Å². The van der Waals surface area contributed by atoms with Crippen molar-refractivity contribution in [1.82, 2.24) is 0 Å². The first-order valence-corrected chi connectivity index (χ1v) is 7.46. The van der Waals surface area contributed by atoms with Gasteiger partial charge in [0, 0.05) is 11.8 Å². The lowest BCUT2D eigenvalue weighted by Gasteiger charge is -2.49. The number of likely N-dealkylation sites (tertiary alicyclic amines) is 1. The van der Waals surface area contributed by atoms with Crippen molar-refractivity contribution < 1.29 is 19.5 Å². The molecule has 5 nitrogen and oxygen atoms in total. The molecule has 0 bridgehead atoms. The Morgan fingerprint density at radius 2 is 2.00 bits per heavy atom. The number of nitrogens with zero attached hydrogens (tertiary/aromatic N) is 1. The Labute approximate surface area is 115 Å². The maximum Gasteiger partial charge on any atom is 0.303 e. The standard InChI is InChI=1S/C14H26N2O3/c15-13-6-12(7-14(18)19)9-16(10-13,4-5-17)8-11-2-1-3-11/h11-13,17H,1-10,15H2/p+1. The number of aliphatic hydroxyl groups excluding tert-OH is 1. The van der Waals surface area contributed by atoms with Gasteiger partial charge in [-0.15, -0.1) is 0 Å². The highest BCUT2D eigenvalue weighted by atomic mass is 16.4. The zero-order valence-corrected chi connectivity index (χ0v) is 11.6. The molecular formula is C14H27N2O3+. The maximum atomic E-state index is 10.9. The third-order valence-corrected chi connectivity index (χ3v) is 4.81. The molecule has 1 aliphatic heterocycles. The molecule has 3 atom stereocenters. The second kappa shape index (κ2) is 6.20. The third kappa shape index (κ3) is 3.91. The van der Waals surface area contributed by atoms with Crippen molar-refractivity contribution in [3.8, 4) is 0 Å². The summed E-state index contributed by atoms with van der Waals surface area (Å²) in [6.07, 6.45) is 4.90. The van der Waals surface area contributed by atoms with Crippen LogP contribution in [0.4, 0.5) is 0 Å². The van der Waals surface area contributed by atoms with Gasteiger partial charge in [0.2, 0.25) is 0 Å². The summed E-state index contributed by atoms with van der Waals surface area (Å²) in [7, 11) is 0. The van der Waals surface area contributed by atoms with Gasteiger partial charge >= 0.3 is 5.97 Å². The van der Waals surface area contributed by atoms with Crippen LogP contribution in [-0.2, 0) is 4.79 Å². The highest BCUT2D eigenvalue weighted by Crippen LogP contribution is 2.33. The summed E-state index contributed by atoms with van der Waals surface area (Å²) in [6, 6.07) is 0.0738. The first-order valence-electron chi connectivity index (χ1n) is 7.46. The topological polar surface area (TPSA) is 83.6 Å². The van der Waals surface area contributed by atoms with E-state index in [0.717, 1.165) is 43.0 Å². The summed E-state index contributed by atoms with van der Waals surface area (Å²) in [4.78, 5) is 10.9. The monoisotopic (exact) mass is 271 g/mol. The number of carbonyl (C=O) groups is 1. The van der Waals surface area contributed by atoms with E-state index in [1.54, 1.807) is 0 Å². The number of quaternary nitrogens is 1. The van der Waals surface area contributed by atoms with Gasteiger partial charge < -0.3 is 20.4 Å². The quantitative estimate of drug-likeness (QED) is 0.611. The molecule has 5 heteroatoms. The number of nitrogens with two attached hydrogens (primary N) is 1. The van der Waals surface area contributed by atoms with E-state index >= 15 is 0 Å². The molecule has 110 valence electrons. The van der Waals surface area contributed by atoms with E-state index in [1.165, 1.54) is 19.3 Å². The average molecular weight is 271 g/mol. The molecule has 3 unspecified atom stereocenters. The van der Waals surface area contributed by atoms with E-state index in [1.807, 2.05) is 0 Å². The third-order valence-electron chi connectivity index (χ3n) is 4.81. The van der Waals surface area contributed by atoms with Gasteiger partial charge in [-0.25, -0.2) is 0 Å². The van der Waals surface area contributed by atoms with Crippen LogP contribution in [0.5, 0.6) is 0 Å². The molecule has 2 fully saturated rings. The minimum atomic E-state index is -0.732. The van der Waals surface area contributed by atoms with E-state index in [9.17, 15) is 9.90 Å². The number of hydrogen-bond acceptors (Lipinski definition) is 3. The highest BCUT2D eigenvalue weighted by Gasteiger charge is 2.41. The molecule has 2 rings (SSSR count). The molecule has 1 saturated heterocycles. The Balaban J connectivity index is 2.03. The van der Waals surface area contributed by atoms with Gasteiger partial charge in [0.1, 0.15) is 6.54 Å². The second-order valence-electron chi connectivity index (χ2n) is 6.59. The molecule has 1 saturated carbocycles. The fraction of sp³-hybridized carbons (Fsp3) is 0.929. The van der Waals surface area contributed by atoms with Crippen LogP contribution in [0.25, 0.3) is 0 Å². The van der Waals surface area contributed by atoms with Crippen LogP contribution in [0.2, 0.25) is 0 Å². The van der Waals surface area contributed by atoms with Gasteiger partial charge in [-0.2, -0.15) is 0 Å². The summed E-state index contributed by atoms with van der Waals surface area (Å²) in [5.41, 5.74) is 6.15. The highest BCUT2D eigenvalue weighted by molar-refractivity contribution is 5.67. The van der Waals surface area contributed by atoms with Crippen molar-refractivity contribution in [2.24, 2.45) is 17.6 Å². The number of aliphatic carboxylic acids is 1. The number of carboxylic acid groups (broad SMARTS) is 1. The minimum Gasteiger partial charge on any atom is -0.481 e. The molecule has 0 aromatic carbocycles. The van der Waals surface area contributed by atoms with Crippen LogP contribution in [0.1, 0.15) is 32.1 Å². The van der Waals surface area contributed by atoms with E-state index in [4.69, 9.17) is 10.8 Å². The first-order chi connectivity index (χ1) is 9.03. The molecule has 2 aliphatic rings. The molecule has 0 aromatic rings. The van der Waals surface area contributed by atoms with Gasteiger partial charge in [0.05, 0.1) is 38.7 Å². The Hall–Kier alpha value is -0.650. The number of hydrogen-bond donors (Lipinski definition) is 3. The van der Waals surface area contributed by atoms with Crippen molar-refractivity contribution in [3.63, 3.8) is 0 Å². The normalized spacial score (nSPS) is 35.9. The van der Waals surface area contributed by atoms with Crippen LogP contribution in [-0.4, -0.2) is 59.5 Å². The smallest absolute Gasteiger partial charge is 0.303 e. The summed E-state index contributed by atoms with van der Waals surface area (Å²) in [6.45, 7) is 3.73. The van der Waals surface area contributed by atoms with Crippen molar-refractivity contribution in [3.05, 3.63) is 0 Å². The zero-order valence-electron chi connectivity index (χ0n) is 11.6. The Morgan fingerprint density at radius 1 is 1.26 bits per heavy atom. The van der Waals surface area contributed by atoms with E-state index in [0.29, 0.717) is 0 Å². The van der Waals surface area contributed by atoms with E-state index in [-0.39, 0.29) is 25.0 Å². The van der Waals surface area contributed by atoms with Crippen molar-refractivity contribution in [1.29, 1.82) is 0 Å². The molecule has 1 aliphatic carbocycles. The second-order valence-corrected chi connectivity index (χ2v) is 6.59. The predicted molar refractivity (Wildman–Crippen MR) is 72.5 cm³/mol. The summed E-state index contributed by atoms with van der Waals surface area (Å²) in [5.74, 6) is 0.181. The molecule has 19 heavy (non-hydrogen) atoms.